The third kappa shape index (κ3) is 3.10. The number of amides is 2. The number of aromatic hydroxyl groups is 1. The van der Waals surface area contributed by atoms with Crippen molar-refractivity contribution in [3.05, 3.63) is 64.9 Å². The van der Waals surface area contributed by atoms with Gasteiger partial charge in [-0.15, -0.1) is 11.6 Å². The fourth-order valence-electron chi connectivity index (χ4n) is 2.56. The number of halogens is 1. The van der Waals surface area contributed by atoms with Crippen molar-refractivity contribution < 1.29 is 19.9 Å². The molecule has 1 fully saturated rings. The molecule has 25 heavy (non-hydrogen) atoms. The molecule has 2 aromatic carbocycles. The number of phenols is 1. The quantitative estimate of drug-likeness (QED) is 0.434. The summed E-state index contributed by atoms with van der Waals surface area (Å²) >= 11 is 6.04. The Bertz CT molecular complexity index is 829. The first-order valence-electron chi connectivity index (χ1n) is 7.22. The maximum absolute atomic E-state index is 12.3. The molecule has 8 nitrogen and oxygen atoms in total. The predicted molar refractivity (Wildman–Crippen MR) is 88.9 cm³/mol. The third-order valence-corrected chi connectivity index (χ3v) is 4.26. The van der Waals surface area contributed by atoms with Crippen LogP contribution < -0.4 is 10.7 Å². The van der Waals surface area contributed by atoms with Crippen LogP contribution in [0.4, 0.5) is 5.69 Å². The monoisotopic (exact) mass is 362 g/mol. The number of carbonyl (C=O) groups is 2. The molecule has 0 spiro atoms. The Morgan fingerprint density at radius 1 is 1.24 bits per heavy atom. The van der Waals surface area contributed by atoms with E-state index in [4.69, 9.17) is 16.8 Å². The average molecular weight is 363 g/mol. The molecule has 0 bridgehead atoms. The van der Waals surface area contributed by atoms with Crippen LogP contribution in [-0.2, 0) is 4.79 Å². The summed E-state index contributed by atoms with van der Waals surface area (Å²) < 4.78 is 0. The smallest absolute Gasteiger partial charge is 0.273 e. The number of benzene rings is 2. The highest BCUT2D eigenvalue weighted by Crippen LogP contribution is 2.38. The van der Waals surface area contributed by atoms with Gasteiger partial charge in [0.05, 0.1) is 11.3 Å². The molecule has 2 atom stereocenters. The molecule has 0 aromatic heterocycles. The minimum atomic E-state index is -0.932. The van der Waals surface area contributed by atoms with Crippen LogP contribution in [-0.4, -0.2) is 32.5 Å². The number of phenolic OH excluding ortho intramolecular Hbond substituents is 1. The zero-order valence-corrected chi connectivity index (χ0v) is 13.4. The van der Waals surface area contributed by atoms with E-state index in [9.17, 15) is 19.9 Å². The zero-order valence-electron chi connectivity index (χ0n) is 12.7. The molecule has 1 aliphatic rings. The lowest BCUT2D eigenvalue weighted by Crippen LogP contribution is -2.63. The number of hydrogen-bond acceptors (Lipinski definition) is 6. The van der Waals surface area contributed by atoms with E-state index in [1.165, 1.54) is 30.3 Å². The molecule has 1 aliphatic heterocycles. The van der Waals surface area contributed by atoms with Crippen molar-refractivity contribution >= 4 is 29.1 Å². The molecule has 1 saturated heterocycles. The Hall–Kier alpha value is -2.81. The summed E-state index contributed by atoms with van der Waals surface area (Å²) in [7, 11) is 0. The van der Waals surface area contributed by atoms with E-state index in [1.807, 2.05) is 0 Å². The minimum Gasteiger partial charge on any atom is -0.733 e. The van der Waals surface area contributed by atoms with Gasteiger partial charge in [0.1, 0.15) is 17.2 Å². The van der Waals surface area contributed by atoms with E-state index < -0.39 is 23.2 Å². The molecule has 2 amide bonds. The summed E-state index contributed by atoms with van der Waals surface area (Å²) in [5.74, 6) is -1.43. The number of β-lactam (4-membered cyclic amide) rings is 1. The van der Waals surface area contributed by atoms with Crippen molar-refractivity contribution in [3.8, 4) is 5.75 Å². The number of rotatable bonds is 4. The van der Waals surface area contributed by atoms with Gasteiger partial charge in [-0.05, 0) is 29.8 Å². The summed E-state index contributed by atoms with van der Waals surface area (Å²) in [5, 5.41) is 29.5. The highest BCUT2D eigenvalue weighted by molar-refractivity contribution is 6.33. The lowest BCUT2D eigenvalue weighted by molar-refractivity contribution is -0.149. The van der Waals surface area contributed by atoms with Crippen LogP contribution in [0.25, 0.3) is 0 Å². The predicted octanol–water partition coefficient (Wildman–Crippen LogP) is 1.92. The first-order chi connectivity index (χ1) is 11.9. The van der Waals surface area contributed by atoms with Gasteiger partial charge in [-0.1, -0.05) is 24.3 Å². The molecule has 0 saturated carbocycles. The van der Waals surface area contributed by atoms with Crippen molar-refractivity contribution in [3.63, 3.8) is 0 Å². The molecular formula is C16H13ClN3O5-. The summed E-state index contributed by atoms with van der Waals surface area (Å²) in [6.45, 7) is 0. The average Bonchev–Trinajstić information content (AvgIpc) is 2.61. The number of nitrogens with one attached hydrogen (secondary N) is 1. The number of nitrogens with zero attached hydrogens (tertiary/aromatic N) is 2. The lowest BCUT2D eigenvalue weighted by atomic mass is 9.95. The van der Waals surface area contributed by atoms with Gasteiger partial charge in [-0.2, -0.15) is 0 Å². The Morgan fingerprint density at radius 2 is 1.96 bits per heavy atom. The number of carbonyl (C=O) groups excluding carboxylic acids is 2. The maximum atomic E-state index is 12.3. The fraction of sp³-hybridized carbons (Fsp3) is 0.125. The Kier molecular flexibility index (Phi) is 4.49. The molecule has 2 unspecified atom stereocenters. The number of para-hydroxylation sites is 1. The van der Waals surface area contributed by atoms with Crippen molar-refractivity contribution in [2.24, 2.45) is 0 Å². The summed E-state index contributed by atoms with van der Waals surface area (Å²) in [6, 6.07) is 11.0. The zero-order chi connectivity index (χ0) is 18.1. The number of anilines is 1. The van der Waals surface area contributed by atoms with Gasteiger partial charge in [-0.3, -0.25) is 20.2 Å². The molecule has 1 heterocycles. The van der Waals surface area contributed by atoms with Crippen LogP contribution in [0.1, 0.15) is 22.0 Å². The Morgan fingerprint density at radius 3 is 2.64 bits per heavy atom. The van der Waals surface area contributed by atoms with Crippen molar-refractivity contribution in [2.45, 2.75) is 11.4 Å². The van der Waals surface area contributed by atoms with Crippen LogP contribution in [0.5, 0.6) is 5.75 Å². The minimum absolute atomic E-state index is 0.00177. The van der Waals surface area contributed by atoms with Gasteiger partial charge in [0.25, 0.3) is 11.8 Å². The first-order valence-corrected chi connectivity index (χ1v) is 7.66. The molecule has 3 N–H and O–H groups in total. The van der Waals surface area contributed by atoms with E-state index in [1.54, 1.807) is 18.2 Å². The summed E-state index contributed by atoms with van der Waals surface area (Å²) in [5.41, 5.74) is 2.83. The van der Waals surface area contributed by atoms with Gasteiger partial charge in [0.2, 0.25) is 0 Å². The van der Waals surface area contributed by atoms with Crippen LogP contribution in [0, 0.1) is 5.21 Å². The van der Waals surface area contributed by atoms with Crippen molar-refractivity contribution in [1.82, 2.24) is 10.4 Å². The van der Waals surface area contributed by atoms with Gasteiger partial charge < -0.3 is 15.5 Å². The highest BCUT2D eigenvalue weighted by Gasteiger charge is 2.48. The van der Waals surface area contributed by atoms with E-state index >= 15 is 0 Å². The summed E-state index contributed by atoms with van der Waals surface area (Å²) in [6.07, 6.45) is 0. The van der Waals surface area contributed by atoms with Crippen molar-refractivity contribution in [1.29, 1.82) is 0 Å². The van der Waals surface area contributed by atoms with Crippen LogP contribution >= 0.6 is 11.6 Å². The maximum Gasteiger partial charge on any atom is 0.273 e. The SMILES string of the molecule is O=C(NN1C(=O)C(Cl)C1c1cccc(N([O-])O)c1)c1ccccc1O. The molecule has 0 aliphatic carbocycles. The third-order valence-electron chi connectivity index (χ3n) is 3.83. The Labute approximate surface area is 147 Å². The number of alkyl halides is 1. The van der Waals surface area contributed by atoms with Crippen LogP contribution in [0.2, 0.25) is 0 Å². The van der Waals surface area contributed by atoms with Gasteiger partial charge in [-0.25, -0.2) is 5.01 Å². The molecule has 2 aromatic rings. The first kappa shape index (κ1) is 17.0. The van der Waals surface area contributed by atoms with E-state index in [-0.39, 0.29) is 22.2 Å². The topological polar surface area (TPSA) is 116 Å². The second kappa shape index (κ2) is 6.60. The van der Waals surface area contributed by atoms with Gasteiger partial charge >= 0.3 is 0 Å². The molecule has 3 rings (SSSR count). The fourth-order valence-corrected chi connectivity index (χ4v) is 2.92. The standard InChI is InChI=1S/C16H13ClN3O5/c17-13-14(9-4-3-5-10(8-9)20(24)25)19(16(13)23)18-15(22)11-6-1-2-7-12(11)21/h1-8,13-14,21,24H,(H,18,22)/q-1. The summed E-state index contributed by atoms with van der Waals surface area (Å²) in [4.78, 5) is 24.3. The van der Waals surface area contributed by atoms with Crippen LogP contribution in [0.15, 0.2) is 48.5 Å². The van der Waals surface area contributed by atoms with Gasteiger partial charge in [0, 0.05) is 0 Å². The lowest BCUT2D eigenvalue weighted by Gasteiger charge is -2.44. The number of hydrogen-bond donors (Lipinski definition) is 3. The van der Waals surface area contributed by atoms with Crippen molar-refractivity contribution in [2.75, 3.05) is 5.23 Å². The Balaban J connectivity index is 1.83. The molecule has 9 heteroatoms. The van der Waals surface area contributed by atoms with E-state index in [0.717, 1.165) is 5.01 Å². The van der Waals surface area contributed by atoms with Crippen LogP contribution in [0.3, 0.4) is 0 Å². The van der Waals surface area contributed by atoms with Gasteiger partial charge in [0.15, 0.2) is 0 Å². The largest absolute Gasteiger partial charge is 0.733 e. The second-order valence-electron chi connectivity index (χ2n) is 5.38. The highest BCUT2D eigenvalue weighted by atomic mass is 35.5. The van der Waals surface area contributed by atoms with E-state index in [2.05, 4.69) is 5.43 Å². The molecule has 130 valence electrons. The van der Waals surface area contributed by atoms with E-state index in [0.29, 0.717) is 5.56 Å². The molecule has 0 radical (unpaired) electrons. The normalized spacial score (nSPS) is 19.3. The molecular weight excluding hydrogens is 350 g/mol. The number of hydrazine groups is 1. The second-order valence-corrected chi connectivity index (χ2v) is 5.85.